The van der Waals surface area contributed by atoms with Gasteiger partial charge in [0.2, 0.25) is 0 Å². The molecule has 3 nitrogen and oxygen atoms in total. The van der Waals surface area contributed by atoms with Gasteiger partial charge in [0.15, 0.2) is 5.11 Å². The molecule has 1 rings (SSSR count). The summed E-state index contributed by atoms with van der Waals surface area (Å²) in [5.74, 6) is 0. The maximum absolute atomic E-state index is 5.01. The van der Waals surface area contributed by atoms with E-state index in [-0.39, 0.29) is 0 Å². The van der Waals surface area contributed by atoms with E-state index in [1.165, 1.54) is 57.9 Å². The lowest BCUT2D eigenvalue weighted by Gasteiger charge is -2.29. The molecule has 0 aliphatic carbocycles. The van der Waals surface area contributed by atoms with Gasteiger partial charge in [-0.25, -0.2) is 0 Å². The maximum atomic E-state index is 5.01. The molecule has 0 aromatic rings. The van der Waals surface area contributed by atoms with Crippen molar-refractivity contribution in [2.24, 2.45) is 0 Å². The van der Waals surface area contributed by atoms with E-state index in [9.17, 15) is 0 Å². The van der Waals surface area contributed by atoms with Crippen LogP contribution in [0, 0.1) is 0 Å². The van der Waals surface area contributed by atoms with Gasteiger partial charge in [-0.05, 0) is 18.6 Å². The highest BCUT2D eigenvalue weighted by Crippen LogP contribution is 2.08. The number of hydrogen-bond acceptors (Lipinski definition) is 2. The third-order valence-corrected chi connectivity index (χ3v) is 3.54. The highest BCUT2D eigenvalue weighted by Gasteiger charge is 2.10. The second-order valence-electron chi connectivity index (χ2n) is 4.87. The number of thiocarbonyl (C=S) groups is 1. The Morgan fingerprint density at radius 2 is 1.47 bits per heavy atom. The predicted molar refractivity (Wildman–Crippen MR) is 77.9 cm³/mol. The molecule has 0 atom stereocenters. The average molecular weight is 257 g/mol. The zero-order valence-electron chi connectivity index (χ0n) is 11.1. The van der Waals surface area contributed by atoms with Gasteiger partial charge in [-0.3, -0.25) is 4.90 Å². The van der Waals surface area contributed by atoms with Gasteiger partial charge in [-0.2, -0.15) is 0 Å². The molecule has 17 heavy (non-hydrogen) atoms. The van der Waals surface area contributed by atoms with Crippen molar-refractivity contribution in [1.29, 1.82) is 0 Å². The minimum Gasteiger partial charge on any atom is -0.350 e. The molecule has 1 fully saturated rings. The van der Waals surface area contributed by atoms with E-state index in [0.717, 1.165) is 18.4 Å². The van der Waals surface area contributed by atoms with Crippen molar-refractivity contribution in [3.8, 4) is 0 Å². The molecule has 1 aliphatic heterocycles. The molecule has 100 valence electrons. The normalized spacial score (nSPS) is 16.6. The molecule has 0 saturated carbocycles. The monoisotopic (exact) mass is 257 g/mol. The van der Waals surface area contributed by atoms with E-state index in [2.05, 4.69) is 22.5 Å². The molecule has 0 aromatic carbocycles. The fourth-order valence-corrected chi connectivity index (χ4v) is 2.24. The smallest absolute Gasteiger partial charge is 0.168 e. The molecule has 0 radical (unpaired) electrons. The van der Waals surface area contributed by atoms with Crippen molar-refractivity contribution < 1.29 is 0 Å². The Morgan fingerprint density at radius 1 is 0.941 bits per heavy atom. The van der Waals surface area contributed by atoms with Crippen LogP contribution in [0.4, 0.5) is 0 Å². The van der Waals surface area contributed by atoms with Crippen LogP contribution in [0.25, 0.3) is 0 Å². The minimum absolute atomic E-state index is 0.789. The van der Waals surface area contributed by atoms with Gasteiger partial charge in [0.25, 0.3) is 0 Å². The molecule has 0 aromatic heterocycles. The first-order valence-corrected chi connectivity index (χ1v) is 7.48. The summed E-state index contributed by atoms with van der Waals surface area (Å²) in [6.07, 6.45) is 11.1. The topological polar surface area (TPSA) is 27.3 Å². The van der Waals surface area contributed by atoms with Gasteiger partial charge in [0.1, 0.15) is 0 Å². The summed E-state index contributed by atoms with van der Waals surface area (Å²) in [7, 11) is 0. The molecule has 2 N–H and O–H groups in total. The summed E-state index contributed by atoms with van der Waals surface area (Å²) in [6, 6.07) is 0. The lowest BCUT2D eigenvalue weighted by Crippen LogP contribution is -2.53. The van der Waals surface area contributed by atoms with Gasteiger partial charge < -0.3 is 10.6 Å². The fourth-order valence-electron chi connectivity index (χ4n) is 2.11. The number of unbranched alkanes of at least 4 members (excludes halogenated alkanes) is 7. The van der Waals surface area contributed by atoms with Crippen LogP contribution in [0.15, 0.2) is 0 Å². The lowest BCUT2D eigenvalue weighted by molar-refractivity contribution is 0.239. The predicted octanol–water partition coefficient (Wildman–Crippen LogP) is 2.82. The van der Waals surface area contributed by atoms with Gasteiger partial charge in [0.05, 0.1) is 13.3 Å². The van der Waals surface area contributed by atoms with E-state index in [4.69, 9.17) is 12.2 Å². The second-order valence-corrected chi connectivity index (χ2v) is 5.28. The van der Waals surface area contributed by atoms with E-state index in [1.807, 2.05) is 0 Å². The highest BCUT2D eigenvalue weighted by molar-refractivity contribution is 7.80. The lowest BCUT2D eigenvalue weighted by atomic mass is 10.1. The van der Waals surface area contributed by atoms with Crippen LogP contribution in [0.3, 0.4) is 0 Å². The number of nitrogens with one attached hydrogen (secondary N) is 2. The summed E-state index contributed by atoms with van der Waals surface area (Å²) < 4.78 is 0. The molecule has 4 heteroatoms. The van der Waals surface area contributed by atoms with Gasteiger partial charge in [0, 0.05) is 6.54 Å². The molecule has 1 aliphatic rings. The first-order chi connectivity index (χ1) is 8.33. The van der Waals surface area contributed by atoms with Crippen LogP contribution < -0.4 is 10.6 Å². The van der Waals surface area contributed by atoms with Crippen molar-refractivity contribution in [2.75, 3.05) is 19.9 Å². The summed E-state index contributed by atoms with van der Waals surface area (Å²) in [6.45, 7) is 5.26. The van der Waals surface area contributed by atoms with Crippen LogP contribution >= 0.6 is 12.2 Å². The molecule has 1 heterocycles. The largest absolute Gasteiger partial charge is 0.350 e. The van der Waals surface area contributed by atoms with Crippen molar-refractivity contribution >= 4 is 17.3 Å². The Kier molecular flexibility index (Phi) is 8.36. The molecular formula is C13H27N3S. The van der Waals surface area contributed by atoms with E-state index in [0.29, 0.717) is 0 Å². The van der Waals surface area contributed by atoms with E-state index in [1.54, 1.807) is 0 Å². The SMILES string of the molecule is CCCCCCCCCCN1CNC(=S)NC1. The molecule has 0 amide bonds. The Labute approximate surface area is 111 Å². The van der Waals surface area contributed by atoms with Gasteiger partial charge in [-0.15, -0.1) is 0 Å². The highest BCUT2D eigenvalue weighted by atomic mass is 32.1. The zero-order valence-corrected chi connectivity index (χ0v) is 12.0. The minimum atomic E-state index is 0.789. The number of nitrogens with zero attached hydrogens (tertiary/aromatic N) is 1. The quantitative estimate of drug-likeness (QED) is 0.491. The molecule has 0 bridgehead atoms. The third-order valence-electron chi connectivity index (χ3n) is 3.25. The van der Waals surface area contributed by atoms with Crippen molar-refractivity contribution in [3.63, 3.8) is 0 Å². The maximum Gasteiger partial charge on any atom is 0.168 e. The zero-order chi connectivity index (χ0) is 12.3. The first kappa shape index (κ1) is 14.7. The van der Waals surface area contributed by atoms with Crippen LogP contribution in [-0.4, -0.2) is 29.9 Å². The van der Waals surface area contributed by atoms with Crippen LogP contribution in [0.2, 0.25) is 0 Å². The Balaban J connectivity index is 1.82. The molecule has 1 saturated heterocycles. The molecular weight excluding hydrogens is 230 g/mol. The summed E-state index contributed by atoms with van der Waals surface area (Å²) in [4.78, 5) is 2.37. The van der Waals surface area contributed by atoms with Crippen LogP contribution in [0.5, 0.6) is 0 Å². The third kappa shape index (κ3) is 7.55. The summed E-state index contributed by atoms with van der Waals surface area (Å²) in [5.41, 5.74) is 0. The van der Waals surface area contributed by atoms with Crippen LogP contribution in [-0.2, 0) is 0 Å². The Bertz CT molecular complexity index is 199. The Hall–Kier alpha value is -0.350. The van der Waals surface area contributed by atoms with E-state index < -0.39 is 0 Å². The number of rotatable bonds is 9. The first-order valence-electron chi connectivity index (χ1n) is 7.07. The van der Waals surface area contributed by atoms with Crippen molar-refractivity contribution in [3.05, 3.63) is 0 Å². The van der Waals surface area contributed by atoms with Crippen molar-refractivity contribution in [2.45, 2.75) is 58.3 Å². The average Bonchev–Trinajstić information content (AvgIpc) is 2.35. The summed E-state index contributed by atoms with van der Waals surface area (Å²) in [5, 5.41) is 7.10. The van der Waals surface area contributed by atoms with E-state index >= 15 is 0 Å². The molecule has 0 unspecified atom stereocenters. The standard InChI is InChI=1S/C13H27N3S/c1-2-3-4-5-6-7-8-9-10-16-11-14-13(17)15-12-16/h2-12H2,1H3,(H2,14,15,17). The van der Waals surface area contributed by atoms with Crippen molar-refractivity contribution in [1.82, 2.24) is 15.5 Å². The fraction of sp³-hybridized carbons (Fsp3) is 0.923. The Morgan fingerprint density at radius 3 is 2.06 bits per heavy atom. The number of hydrogen-bond donors (Lipinski definition) is 2. The van der Waals surface area contributed by atoms with Crippen LogP contribution in [0.1, 0.15) is 58.3 Å². The van der Waals surface area contributed by atoms with Gasteiger partial charge >= 0.3 is 0 Å². The van der Waals surface area contributed by atoms with Gasteiger partial charge in [-0.1, -0.05) is 51.9 Å². The second kappa shape index (κ2) is 9.66. The summed E-state index contributed by atoms with van der Waals surface area (Å²) >= 11 is 5.01. The molecule has 0 spiro atoms.